The van der Waals surface area contributed by atoms with Crippen molar-refractivity contribution in [1.29, 1.82) is 0 Å². The molecular formula is C9H11N3O3. The van der Waals surface area contributed by atoms with E-state index >= 15 is 0 Å². The quantitative estimate of drug-likeness (QED) is 0.496. The van der Waals surface area contributed by atoms with E-state index in [1.165, 1.54) is 19.4 Å². The summed E-state index contributed by atoms with van der Waals surface area (Å²) in [5.41, 5.74) is 7.45. The molecule has 6 nitrogen and oxygen atoms in total. The van der Waals surface area contributed by atoms with Crippen LogP contribution in [0.3, 0.4) is 0 Å². The molecule has 1 rings (SSSR count). The van der Waals surface area contributed by atoms with E-state index < -0.39 is 6.03 Å². The van der Waals surface area contributed by atoms with Crippen LogP contribution in [-0.4, -0.2) is 24.5 Å². The molecule has 1 aromatic rings. The first-order valence-corrected chi connectivity index (χ1v) is 4.09. The molecule has 0 aliphatic rings. The Bertz CT molecular complexity index is 390. The average molecular weight is 209 g/mol. The van der Waals surface area contributed by atoms with E-state index in [0.29, 0.717) is 11.3 Å². The minimum absolute atomic E-state index is 0.000486. The molecule has 0 saturated carbocycles. The van der Waals surface area contributed by atoms with E-state index in [9.17, 15) is 9.90 Å². The molecule has 2 amide bonds. The summed E-state index contributed by atoms with van der Waals surface area (Å²) in [5.74, 6) is 0.371. The summed E-state index contributed by atoms with van der Waals surface area (Å²) in [6.07, 6.45) is 1.35. The number of nitrogens with one attached hydrogen (secondary N) is 1. The lowest BCUT2D eigenvalue weighted by Crippen LogP contribution is -2.24. The highest BCUT2D eigenvalue weighted by Crippen LogP contribution is 2.25. The van der Waals surface area contributed by atoms with Gasteiger partial charge in [0, 0.05) is 0 Å². The number of nitrogens with two attached hydrogens (primary N) is 1. The van der Waals surface area contributed by atoms with Gasteiger partial charge in [-0.3, -0.25) is 0 Å². The summed E-state index contributed by atoms with van der Waals surface area (Å²) < 4.78 is 4.86. The van der Waals surface area contributed by atoms with E-state index in [0.717, 1.165) is 0 Å². The second kappa shape index (κ2) is 4.85. The molecule has 6 heteroatoms. The number of methoxy groups -OCH3 is 1. The zero-order valence-corrected chi connectivity index (χ0v) is 8.10. The number of benzene rings is 1. The van der Waals surface area contributed by atoms with E-state index in [1.54, 1.807) is 12.1 Å². The van der Waals surface area contributed by atoms with Crippen molar-refractivity contribution in [3.63, 3.8) is 0 Å². The Labute approximate surface area is 86.4 Å². The number of hydrogen-bond donors (Lipinski definition) is 3. The lowest BCUT2D eigenvalue weighted by atomic mass is 10.2. The topological polar surface area (TPSA) is 96.9 Å². The number of hydrogen-bond acceptors (Lipinski definition) is 4. The highest BCUT2D eigenvalue weighted by Gasteiger charge is 2.00. The van der Waals surface area contributed by atoms with Gasteiger partial charge in [-0.15, -0.1) is 0 Å². The first kappa shape index (κ1) is 10.8. The van der Waals surface area contributed by atoms with Crippen LogP contribution in [0.1, 0.15) is 5.56 Å². The number of carbonyl (C=O) groups is 1. The molecule has 0 unspecified atom stereocenters. The molecule has 0 bridgehead atoms. The van der Waals surface area contributed by atoms with Crippen LogP contribution in [0, 0.1) is 0 Å². The number of amides is 2. The molecule has 0 aromatic heterocycles. The van der Waals surface area contributed by atoms with Gasteiger partial charge in [-0.05, 0) is 23.8 Å². The number of aromatic hydroxyl groups is 1. The smallest absolute Gasteiger partial charge is 0.332 e. The fraction of sp³-hybridized carbons (Fsp3) is 0.111. The number of carbonyl (C=O) groups excluding carboxylic acids is 1. The van der Waals surface area contributed by atoms with E-state index in [1.807, 2.05) is 5.43 Å². The van der Waals surface area contributed by atoms with Crippen LogP contribution in [0.5, 0.6) is 11.5 Å². The Kier molecular flexibility index (Phi) is 3.50. The molecule has 1 aromatic carbocycles. The second-order valence-electron chi connectivity index (χ2n) is 2.67. The molecule has 0 aliphatic heterocycles. The molecule has 0 radical (unpaired) electrons. The molecule has 15 heavy (non-hydrogen) atoms. The largest absolute Gasteiger partial charge is 0.504 e. The first-order valence-electron chi connectivity index (χ1n) is 4.09. The highest BCUT2D eigenvalue weighted by molar-refractivity contribution is 5.82. The Morgan fingerprint density at radius 3 is 2.93 bits per heavy atom. The second-order valence-corrected chi connectivity index (χ2v) is 2.67. The minimum Gasteiger partial charge on any atom is -0.504 e. The monoisotopic (exact) mass is 209 g/mol. The van der Waals surface area contributed by atoms with E-state index in [-0.39, 0.29) is 5.75 Å². The number of ether oxygens (including phenoxy) is 1. The van der Waals surface area contributed by atoms with Gasteiger partial charge in [-0.25, -0.2) is 10.2 Å². The number of nitrogens with zero attached hydrogens (tertiary/aromatic N) is 1. The minimum atomic E-state index is -0.746. The van der Waals surface area contributed by atoms with Crippen molar-refractivity contribution >= 4 is 12.2 Å². The maximum Gasteiger partial charge on any atom is 0.332 e. The zero-order chi connectivity index (χ0) is 11.3. The van der Waals surface area contributed by atoms with Crippen LogP contribution >= 0.6 is 0 Å². The van der Waals surface area contributed by atoms with Crippen molar-refractivity contribution in [3.8, 4) is 11.5 Å². The zero-order valence-electron chi connectivity index (χ0n) is 8.10. The Morgan fingerprint density at radius 1 is 1.67 bits per heavy atom. The average Bonchev–Trinajstić information content (AvgIpc) is 2.17. The van der Waals surface area contributed by atoms with Gasteiger partial charge in [0.05, 0.1) is 13.3 Å². The van der Waals surface area contributed by atoms with Crippen LogP contribution < -0.4 is 15.9 Å². The maximum atomic E-state index is 10.3. The van der Waals surface area contributed by atoms with Crippen molar-refractivity contribution in [2.75, 3.05) is 7.11 Å². The summed E-state index contributed by atoms with van der Waals surface area (Å²) in [4.78, 5) is 10.3. The summed E-state index contributed by atoms with van der Waals surface area (Å²) in [6.45, 7) is 0. The third kappa shape index (κ3) is 3.18. The van der Waals surface area contributed by atoms with Crippen molar-refractivity contribution in [1.82, 2.24) is 5.43 Å². The summed E-state index contributed by atoms with van der Waals surface area (Å²) >= 11 is 0. The number of primary amides is 1. The first-order chi connectivity index (χ1) is 7.13. The van der Waals surface area contributed by atoms with Gasteiger partial charge in [0.1, 0.15) is 0 Å². The summed E-state index contributed by atoms with van der Waals surface area (Å²) in [5, 5.41) is 12.9. The highest BCUT2D eigenvalue weighted by atomic mass is 16.5. The van der Waals surface area contributed by atoms with Crippen molar-refractivity contribution in [3.05, 3.63) is 23.8 Å². The molecular weight excluding hydrogens is 198 g/mol. The molecule has 0 fully saturated rings. The Hall–Kier alpha value is -2.24. The van der Waals surface area contributed by atoms with Crippen LogP contribution in [0.4, 0.5) is 4.79 Å². The number of hydrazone groups is 1. The molecule has 4 N–H and O–H groups in total. The third-order valence-corrected chi connectivity index (χ3v) is 1.59. The molecule has 0 atom stereocenters. The SMILES string of the molecule is COc1ccc(C=NNC(N)=O)cc1O. The van der Waals surface area contributed by atoms with E-state index in [4.69, 9.17) is 10.5 Å². The van der Waals surface area contributed by atoms with E-state index in [2.05, 4.69) is 5.10 Å². The van der Waals surface area contributed by atoms with Gasteiger partial charge in [0.15, 0.2) is 11.5 Å². The fourth-order valence-electron chi connectivity index (χ4n) is 0.958. The van der Waals surface area contributed by atoms with Crippen molar-refractivity contribution in [2.45, 2.75) is 0 Å². The molecule has 0 spiro atoms. The van der Waals surface area contributed by atoms with Crippen LogP contribution in [0.2, 0.25) is 0 Å². The standard InChI is InChI=1S/C9H11N3O3/c1-15-8-3-2-6(4-7(8)13)5-11-12-9(10)14/h2-5,13H,1H3,(H3,10,12,14). The lowest BCUT2D eigenvalue weighted by Gasteiger charge is -2.02. The van der Waals surface area contributed by atoms with Gasteiger partial charge >= 0.3 is 6.03 Å². The summed E-state index contributed by atoms with van der Waals surface area (Å²) in [7, 11) is 1.46. The molecule has 80 valence electrons. The molecule has 0 saturated heterocycles. The molecule has 0 aliphatic carbocycles. The lowest BCUT2D eigenvalue weighted by molar-refractivity contribution is 0.249. The van der Waals surface area contributed by atoms with Crippen LogP contribution in [0.25, 0.3) is 0 Å². The Balaban J connectivity index is 2.75. The Morgan fingerprint density at radius 2 is 2.40 bits per heavy atom. The predicted octanol–water partition coefficient (Wildman–Crippen LogP) is 0.403. The van der Waals surface area contributed by atoms with Gasteiger partial charge in [-0.1, -0.05) is 0 Å². The molecule has 0 heterocycles. The van der Waals surface area contributed by atoms with Crippen LogP contribution in [0.15, 0.2) is 23.3 Å². The fourth-order valence-corrected chi connectivity index (χ4v) is 0.958. The number of urea groups is 1. The van der Waals surface area contributed by atoms with Gasteiger partial charge in [0.2, 0.25) is 0 Å². The number of phenolic OH excluding ortho intramolecular Hbond substituents is 1. The van der Waals surface area contributed by atoms with Gasteiger partial charge in [0.25, 0.3) is 0 Å². The summed E-state index contributed by atoms with van der Waals surface area (Å²) in [6, 6.07) is 3.96. The predicted molar refractivity (Wildman–Crippen MR) is 55.0 cm³/mol. The van der Waals surface area contributed by atoms with Gasteiger partial charge in [-0.2, -0.15) is 5.10 Å². The number of rotatable bonds is 3. The third-order valence-electron chi connectivity index (χ3n) is 1.59. The number of phenols is 1. The van der Waals surface area contributed by atoms with Crippen molar-refractivity contribution in [2.24, 2.45) is 10.8 Å². The van der Waals surface area contributed by atoms with Gasteiger partial charge < -0.3 is 15.6 Å². The normalized spacial score (nSPS) is 10.2. The van der Waals surface area contributed by atoms with Crippen molar-refractivity contribution < 1.29 is 14.6 Å². The van der Waals surface area contributed by atoms with Crippen LogP contribution in [-0.2, 0) is 0 Å². The maximum absolute atomic E-state index is 10.3.